The Morgan fingerprint density at radius 3 is 2.75 bits per heavy atom. The quantitative estimate of drug-likeness (QED) is 0.711. The van der Waals surface area contributed by atoms with Crippen LogP contribution in [-0.2, 0) is 9.47 Å². The van der Waals surface area contributed by atoms with E-state index in [4.69, 9.17) is 21.1 Å². The van der Waals surface area contributed by atoms with Crippen molar-refractivity contribution >= 4 is 11.6 Å². The van der Waals surface area contributed by atoms with Crippen LogP contribution in [0, 0.1) is 0 Å². The van der Waals surface area contributed by atoms with Gasteiger partial charge in [0.25, 0.3) is 0 Å². The van der Waals surface area contributed by atoms with Crippen LogP contribution in [0.1, 0.15) is 18.5 Å². The van der Waals surface area contributed by atoms with Crippen molar-refractivity contribution in [3.63, 3.8) is 0 Å². The summed E-state index contributed by atoms with van der Waals surface area (Å²) in [5.74, 6) is 0. The molecule has 0 fully saturated rings. The van der Waals surface area contributed by atoms with Crippen molar-refractivity contribution in [2.45, 2.75) is 19.1 Å². The average molecular weight is 302 g/mol. The van der Waals surface area contributed by atoms with E-state index in [1.165, 1.54) is 0 Å². The molecule has 1 aromatic carbocycles. The molecule has 0 aliphatic carbocycles. The first kappa shape index (κ1) is 17.4. The van der Waals surface area contributed by atoms with Crippen LogP contribution in [0.4, 0.5) is 0 Å². The van der Waals surface area contributed by atoms with Crippen LogP contribution in [0.25, 0.3) is 0 Å². The van der Waals surface area contributed by atoms with E-state index in [-0.39, 0.29) is 6.04 Å². The molecule has 114 valence electrons. The Morgan fingerprint density at radius 2 is 2.10 bits per heavy atom. The Bertz CT molecular complexity index is 389. The van der Waals surface area contributed by atoms with Crippen molar-refractivity contribution in [1.82, 2.24) is 4.90 Å². The number of aliphatic hydroxyl groups excluding tert-OH is 1. The number of nitrogens with zero attached hydrogens (tertiary/aromatic N) is 1. The summed E-state index contributed by atoms with van der Waals surface area (Å²) in [7, 11) is 3.60. The number of hydrogen-bond acceptors (Lipinski definition) is 4. The zero-order chi connectivity index (χ0) is 15.0. The van der Waals surface area contributed by atoms with Crippen molar-refractivity contribution in [3.05, 3.63) is 34.9 Å². The number of likely N-dealkylation sites (N-methyl/N-ethyl adjacent to an activating group) is 1. The first-order valence-corrected chi connectivity index (χ1v) is 7.12. The minimum absolute atomic E-state index is 0.183. The molecular formula is C15H24ClNO3. The maximum absolute atomic E-state index is 9.94. The van der Waals surface area contributed by atoms with Gasteiger partial charge in [-0.2, -0.15) is 0 Å². The van der Waals surface area contributed by atoms with Gasteiger partial charge in [0.15, 0.2) is 0 Å². The second-order valence-electron chi connectivity index (χ2n) is 4.89. The molecule has 5 heteroatoms. The predicted octanol–water partition coefficient (Wildman–Crippen LogP) is 2.36. The molecule has 2 atom stereocenters. The van der Waals surface area contributed by atoms with Crippen LogP contribution in [-0.4, -0.2) is 56.6 Å². The van der Waals surface area contributed by atoms with Gasteiger partial charge in [0.05, 0.1) is 25.9 Å². The highest BCUT2D eigenvalue weighted by Gasteiger charge is 2.15. The fourth-order valence-corrected chi connectivity index (χ4v) is 2.12. The topological polar surface area (TPSA) is 41.9 Å². The number of hydrogen-bond donors (Lipinski definition) is 1. The molecular weight excluding hydrogens is 278 g/mol. The smallest absolute Gasteiger partial charge is 0.0900 e. The highest BCUT2D eigenvalue weighted by atomic mass is 35.5. The summed E-state index contributed by atoms with van der Waals surface area (Å²) in [6, 6.07) is 7.96. The van der Waals surface area contributed by atoms with E-state index in [0.717, 1.165) is 10.6 Å². The molecule has 0 saturated heterocycles. The molecule has 0 radical (unpaired) electrons. The summed E-state index contributed by atoms with van der Waals surface area (Å²) >= 11 is 6.00. The zero-order valence-corrected chi connectivity index (χ0v) is 13.1. The monoisotopic (exact) mass is 301 g/mol. The van der Waals surface area contributed by atoms with Gasteiger partial charge in [-0.1, -0.05) is 23.7 Å². The Morgan fingerprint density at radius 1 is 1.35 bits per heavy atom. The van der Waals surface area contributed by atoms with Gasteiger partial charge >= 0.3 is 0 Å². The second-order valence-corrected chi connectivity index (χ2v) is 5.33. The van der Waals surface area contributed by atoms with E-state index in [1.807, 2.05) is 31.3 Å². The molecule has 1 aromatic rings. The van der Waals surface area contributed by atoms with E-state index < -0.39 is 6.10 Å². The van der Waals surface area contributed by atoms with Crippen LogP contribution in [0.2, 0.25) is 5.02 Å². The SMILES string of the molecule is COCCOCC(O)CN(C)C(C)c1cccc(Cl)c1. The number of halogens is 1. The molecule has 0 heterocycles. The molecule has 0 amide bonds. The average Bonchev–Trinajstić information content (AvgIpc) is 2.42. The van der Waals surface area contributed by atoms with Crippen LogP contribution in [0.3, 0.4) is 0 Å². The largest absolute Gasteiger partial charge is 0.389 e. The third kappa shape index (κ3) is 6.20. The van der Waals surface area contributed by atoms with E-state index in [2.05, 4.69) is 11.8 Å². The standard InChI is InChI=1S/C15H24ClNO3/c1-12(13-5-4-6-14(16)9-13)17(2)10-15(18)11-20-8-7-19-3/h4-6,9,12,15,18H,7-8,10-11H2,1-3H3. The number of ether oxygens (including phenoxy) is 2. The summed E-state index contributed by atoms with van der Waals surface area (Å²) in [5.41, 5.74) is 1.13. The molecule has 0 bridgehead atoms. The van der Waals surface area contributed by atoms with Gasteiger partial charge < -0.3 is 14.6 Å². The first-order valence-electron chi connectivity index (χ1n) is 6.75. The number of benzene rings is 1. The minimum atomic E-state index is -0.515. The zero-order valence-electron chi connectivity index (χ0n) is 12.4. The van der Waals surface area contributed by atoms with Crippen LogP contribution in [0.15, 0.2) is 24.3 Å². The summed E-state index contributed by atoms with van der Waals surface area (Å²) in [4.78, 5) is 2.08. The van der Waals surface area contributed by atoms with Crippen LogP contribution < -0.4 is 0 Å². The van der Waals surface area contributed by atoms with E-state index in [0.29, 0.717) is 26.4 Å². The van der Waals surface area contributed by atoms with Gasteiger partial charge in [-0.25, -0.2) is 0 Å². The first-order chi connectivity index (χ1) is 9.54. The molecule has 2 unspecified atom stereocenters. The van der Waals surface area contributed by atoms with Gasteiger partial charge in [-0.3, -0.25) is 4.90 Å². The highest BCUT2D eigenvalue weighted by Crippen LogP contribution is 2.21. The molecule has 4 nitrogen and oxygen atoms in total. The van der Waals surface area contributed by atoms with Gasteiger partial charge in [-0.15, -0.1) is 0 Å². The van der Waals surface area contributed by atoms with E-state index in [1.54, 1.807) is 7.11 Å². The van der Waals surface area contributed by atoms with Gasteiger partial charge in [0.2, 0.25) is 0 Å². The van der Waals surface area contributed by atoms with Crippen molar-refractivity contribution in [2.24, 2.45) is 0 Å². The van der Waals surface area contributed by atoms with Crippen molar-refractivity contribution in [1.29, 1.82) is 0 Å². The molecule has 0 aromatic heterocycles. The fourth-order valence-electron chi connectivity index (χ4n) is 1.93. The Balaban J connectivity index is 2.39. The lowest BCUT2D eigenvalue weighted by Crippen LogP contribution is -2.34. The highest BCUT2D eigenvalue weighted by molar-refractivity contribution is 6.30. The maximum atomic E-state index is 9.94. The molecule has 0 spiro atoms. The summed E-state index contributed by atoms with van der Waals surface area (Å²) in [6.07, 6.45) is -0.515. The van der Waals surface area contributed by atoms with Gasteiger partial charge in [0, 0.05) is 24.7 Å². The lowest BCUT2D eigenvalue weighted by molar-refractivity contribution is -0.00157. The van der Waals surface area contributed by atoms with Crippen molar-refractivity contribution in [3.8, 4) is 0 Å². The molecule has 1 rings (SSSR count). The van der Waals surface area contributed by atoms with Crippen LogP contribution in [0.5, 0.6) is 0 Å². The van der Waals surface area contributed by atoms with Gasteiger partial charge in [-0.05, 0) is 31.7 Å². The number of methoxy groups -OCH3 is 1. The summed E-state index contributed by atoms with van der Waals surface area (Å²) in [5, 5.41) is 10.7. The Kier molecular flexibility index (Phi) is 8.11. The maximum Gasteiger partial charge on any atom is 0.0900 e. The fraction of sp³-hybridized carbons (Fsp3) is 0.600. The number of aliphatic hydroxyl groups is 1. The summed E-state index contributed by atoms with van der Waals surface area (Å²) in [6.45, 7) is 3.99. The number of rotatable bonds is 9. The minimum Gasteiger partial charge on any atom is -0.389 e. The van der Waals surface area contributed by atoms with E-state index >= 15 is 0 Å². The predicted molar refractivity (Wildman–Crippen MR) is 81.2 cm³/mol. The molecule has 0 aliphatic heterocycles. The van der Waals surface area contributed by atoms with Crippen molar-refractivity contribution < 1.29 is 14.6 Å². The lowest BCUT2D eigenvalue weighted by atomic mass is 10.1. The van der Waals surface area contributed by atoms with Crippen molar-refractivity contribution in [2.75, 3.05) is 40.5 Å². The molecule has 0 saturated carbocycles. The van der Waals surface area contributed by atoms with Gasteiger partial charge in [0.1, 0.15) is 0 Å². The Labute approximate surface area is 126 Å². The molecule has 20 heavy (non-hydrogen) atoms. The summed E-state index contributed by atoms with van der Waals surface area (Å²) < 4.78 is 10.2. The molecule has 1 N–H and O–H groups in total. The van der Waals surface area contributed by atoms with Crippen LogP contribution >= 0.6 is 11.6 Å². The second kappa shape index (κ2) is 9.32. The molecule has 0 aliphatic rings. The normalized spacial score (nSPS) is 14.5. The lowest BCUT2D eigenvalue weighted by Gasteiger charge is -2.27. The third-order valence-electron chi connectivity index (χ3n) is 3.23. The third-order valence-corrected chi connectivity index (χ3v) is 3.47. The van der Waals surface area contributed by atoms with E-state index in [9.17, 15) is 5.11 Å². The Hall–Kier alpha value is -0.650.